The first kappa shape index (κ1) is 16.1. The van der Waals surface area contributed by atoms with Gasteiger partial charge in [-0.1, -0.05) is 12.1 Å². The van der Waals surface area contributed by atoms with Crippen LogP contribution < -0.4 is 10.5 Å². The summed E-state index contributed by atoms with van der Waals surface area (Å²) in [7, 11) is 1.67. The number of hydrogen-bond acceptors (Lipinski definition) is 3. The van der Waals surface area contributed by atoms with Crippen molar-refractivity contribution in [1.29, 1.82) is 0 Å². The Morgan fingerprint density at radius 1 is 1.21 bits per heavy atom. The molecular weight excluding hydrogens is 326 g/mol. The van der Waals surface area contributed by atoms with Crippen LogP contribution in [0.5, 0.6) is 5.75 Å². The summed E-state index contributed by atoms with van der Waals surface area (Å²) in [5, 5.41) is 4.74. The average molecular weight is 339 g/mol. The van der Waals surface area contributed by atoms with Crippen LogP contribution in [0.2, 0.25) is 0 Å². The quantitative estimate of drug-likeness (QED) is 0.736. The number of halogens is 4. The molecule has 0 bridgehead atoms. The van der Waals surface area contributed by atoms with E-state index in [-0.39, 0.29) is 11.3 Å². The average Bonchev–Trinajstić information content (AvgIpc) is 2.79. The zero-order chi connectivity index (χ0) is 17.5. The molecule has 0 amide bonds. The number of benzene rings is 2. The van der Waals surface area contributed by atoms with Crippen molar-refractivity contribution in [3.05, 3.63) is 42.2 Å². The highest BCUT2D eigenvalue weighted by molar-refractivity contribution is 5.92. The summed E-state index contributed by atoms with van der Waals surface area (Å²) in [5.74, 6) is -0.535. The third-order valence-electron chi connectivity index (χ3n) is 3.54. The monoisotopic (exact) mass is 339 g/mol. The maximum atomic E-state index is 14.3. The molecule has 0 radical (unpaired) electrons. The van der Waals surface area contributed by atoms with Gasteiger partial charge in [0.1, 0.15) is 11.6 Å². The van der Waals surface area contributed by atoms with Crippen LogP contribution in [-0.4, -0.2) is 22.6 Å². The Bertz CT molecular complexity index is 902. The second-order valence-corrected chi connectivity index (χ2v) is 5.26. The van der Waals surface area contributed by atoms with Gasteiger partial charge in [0.05, 0.1) is 11.1 Å². The first-order valence-corrected chi connectivity index (χ1v) is 6.97. The Morgan fingerprint density at radius 2 is 1.96 bits per heavy atom. The van der Waals surface area contributed by atoms with E-state index < -0.39 is 18.6 Å². The molecule has 0 spiro atoms. The molecule has 0 saturated heterocycles. The van der Waals surface area contributed by atoms with Crippen LogP contribution in [0.25, 0.3) is 22.0 Å². The molecule has 8 heteroatoms. The Balaban J connectivity index is 2.10. The molecule has 0 fully saturated rings. The number of nitrogens with zero attached hydrogens (tertiary/aromatic N) is 2. The smallest absolute Gasteiger partial charge is 0.422 e. The van der Waals surface area contributed by atoms with E-state index in [1.54, 1.807) is 25.2 Å². The number of alkyl halides is 3. The minimum absolute atomic E-state index is 0.0385. The minimum Gasteiger partial charge on any atom is -0.483 e. The number of nitrogens with two attached hydrogens (primary N) is 1. The molecule has 2 aromatic carbocycles. The van der Waals surface area contributed by atoms with Gasteiger partial charge in [-0.25, -0.2) is 4.39 Å². The number of ether oxygens (including phenoxy) is 1. The molecule has 2 N–H and O–H groups in total. The zero-order valence-corrected chi connectivity index (χ0v) is 12.6. The number of fused-ring (bicyclic) bond motifs is 1. The lowest BCUT2D eigenvalue weighted by Crippen LogP contribution is -2.19. The molecular formula is C16H13F4N3O. The molecule has 0 aliphatic heterocycles. The van der Waals surface area contributed by atoms with Crippen LogP contribution >= 0.6 is 0 Å². The molecule has 1 heterocycles. The summed E-state index contributed by atoms with van der Waals surface area (Å²) in [6, 6.07) is 8.58. The first-order valence-electron chi connectivity index (χ1n) is 6.97. The fraction of sp³-hybridized carbons (Fsp3) is 0.188. The van der Waals surface area contributed by atoms with Gasteiger partial charge in [-0.3, -0.25) is 4.68 Å². The highest BCUT2D eigenvalue weighted by Gasteiger charge is 2.29. The molecule has 0 aliphatic carbocycles. The highest BCUT2D eigenvalue weighted by atomic mass is 19.4. The van der Waals surface area contributed by atoms with Crippen molar-refractivity contribution in [2.75, 3.05) is 12.3 Å². The SMILES string of the molecule is Cn1nc(N)c2ccc(-c3c(F)cccc3OCC(F)(F)F)cc21. The van der Waals surface area contributed by atoms with Crippen molar-refractivity contribution < 1.29 is 22.3 Å². The number of aromatic nitrogens is 2. The van der Waals surface area contributed by atoms with Crippen molar-refractivity contribution in [2.24, 2.45) is 7.05 Å². The molecule has 3 rings (SSSR count). The molecule has 0 aliphatic rings. The normalized spacial score (nSPS) is 11.9. The molecule has 3 aromatic rings. The number of aryl methyl sites for hydroxylation is 1. The fourth-order valence-corrected chi connectivity index (χ4v) is 2.51. The third-order valence-corrected chi connectivity index (χ3v) is 3.54. The van der Waals surface area contributed by atoms with E-state index >= 15 is 0 Å². The molecule has 0 atom stereocenters. The van der Waals surface area contributed by atoms with Crippen LogP contribution in [0.4, 0.5) is 23.4 Å². The Kier molecular flexibility index (Phi) is 3.82. The topological polar surface area (TPSA) is 53.1 Å². The van der Waals surface area contributed by atoms with E-state index in [2.05, 4.69) is 5.10 Å². The molecule has 126 valence electrons. The van der Waals surface area contributed by atoms with Gasteiger partial charge in [0.15, 0.2) is 12.4 Å². The summed E-state index contributed by atoms with van der Waals surface area (Å²) < 4.78 is 57.7. The predicted molar refractivity (Wildman–Crippen MR) is 82.1 cm³/mol. The second kappa shape index (κ2) is 5.70. The van der Waals surface area contributed by atoms with Crippen molar-refractivity contribution in [2.45, 2.75) is 6.18 Å². The lowest BCUT2D eigenvalue weighted by Gasteiger charge is -2.14. The van der Waals surface area contributed by atoms with Crippen molar-refractivity contribution in [3.8, 4) is 16.9 Å². The zero-order valence-electron chi connectivity index (χ0n) is 12.6. The Labute approximate surface area is 134 Å². The number of hydrogen-bond donors (Lipinski definition) is 1. The predicted octanol–water partition coefficient (Wildman–Crippen LogP) is 3.90. The maximum Gasteiger partial charge on any atom is 0.422 e. The number of anilines is 1. The van der Waals surface area contributed by atoms with Crippen molar-refractivity contribution >= 4 is 16.7 Å². The summed E-state index contributed by atoms with van der Waals surface area (Å²) in [6.07, 6.45) is -4.51. The Hall–Kier alpha value is -2.77. The number of rotatable bonds is 3. The van der Waals surface area contributed by atoms with Crippen LogP contribution in [0.3, 0.4) is 0 Å². The van der Waals surface area contributed by atoms with E-state index in [0.29, 0.717) is 22.3 Å². The summed E-state index contributed by atoms with van der Waals surface area (Å²) in [5.41, 5.74) is 6.74. The molecule has 1 aromatic heterocycles. The van der Waals surface area contributed by atoms with Crippen LogP contribution in [-0.2, 0) is 7.05 Å². The number of nitrogen functional groups attached to an aromatic ring is 1. The lowest BCUT2D eigenvalue weighted by molar-refractivity contribution is -0.153. The second-order valence-electron chi connectivity index (χ2n) is 5.26. The van der Waals surface area contributed by atoms with Crippen molar-refractivity contribution in [3.63, 3.8) is 0 Å². The highest BCUT2D eigenvalue weighted by Crippen LogP contribution is 2.35. The van der Waals surface area contributed by atoms with Crippen LogP contribution in [0.1, 0.15) is 0 Å². The van der Waals surface area contributed by atoms with Gasteiger partial charge in [0, 0.05) is 12.4 Å². The lowest BCUT2D eigenvalue weighted by atomic mass is 10.0. The van der Waals surface area contributed by atoms with Crippen molar-refractivity contribution in [1.82, 2.24) is 9.78 Å². The van der Waals surface area contributed by atoms with Gasteiger partial charge >= 0.3 is 6.18 Å². The molecule has 0 saturated carbocycles. The van der Waals surface area contributed by atoms with Gasteiger partial charge in [-0.2, -0.15) is 18.3 Å². The van der Waals surface area contributed by atoms with E-state index in [4.69, 9.17) is 10.5 Å². The van der Waals surface area contributed by atoms with Crippen LogP contribution in [0, 0.1) is 5.82 Å². The summed E-state index contributed by atoms with van der Waals surface area (Å²) in [4.78, 5) is 0. The molecule has 0 unspecified atom stereocenters. The standard InChI is InChI=1S/C16H13F4N3O/c1-23-12-7-9(5-6-10(12)15(21)22-23)14-11(17)3-2-4-13(14)24-8-16(18,19)20/h2-7H,8H2,1H3,(H2,21,22). The van der Waals surface area contributed by atoms with Gasteiger partial charge in [0.25, 0.3) is 0 Å². The maximum absolute atomic E-state index is 14.3. The molecule has 4 nitrogen and oxygen atoms in total. The Morgan fingerprint density at radius 3 is 2.67 bits per heavy atom. The minimum atomic E-state index is -4.51. The van der Waals surface area contributed by atoms with E-state index in [0.717, 1.165) is 6.07 Å². The van der Waals surface area contributed by atoms with E-state index in [1.165, 1.54) is 16.8 Å². The largest absolute Gasteiger partial charge is 0.483 e. The van der Waals surface area contributed by atoms with E-state index in [9.17, 15) is 17.6 Å². The van der Waals surface area contributed by atoms with E-state index in [1.807, 2.05) is 0 Å². The third kappa shape index (κ3) is 2.99. The van der Waals surface area contributed by atoms with Gasteiger partial charge in [-0.15, -0.1) is 0 Å². The van der Waals surface area contributed by atoms with Gasteiger partial charge in [0.2, 0.25) is 0 Å². The first-order chi connectivity index (χ1) is 11.3. The van der Waals surface area contributed by atoms with Gasteiger partial charge in [-0.05, 0) is 29.8 Å². The fourth-order valence-electron chi connectivity index (χ4n) is 2.51. The summed E-state index contributed by atoms with van der Waals surface area (Å²) in [6.45, 7) is -1.50. The molecule has 24 heavy (non-hydrogen) atoms. The van der Waals surface area contributed by atoms with Gasteiger partial charge < -0.3 is 10.5 Å². The van der Waals surface area contributed by atoms with Crippen LogP contribution in [0.15, 0.2) is 36.4 Å². The summed E-state index contributed by atoms with van der Waals surface area (Å²) >= 11 is 0.